The lowest BCUT2D eigenvalue weighted by atomic mass is 10.0. The smallest absolute Gasteiger partial charge is 0.212 e. The molecule has 3 nitrogen and oxygen atoms in total. The summed E-state index contributed by atoms with van der Waals surface area (Å²) < 4.78 is 2.14. The van der Waals surface area contributed by atoms with Gasteiger partial charge in [-0.1, -0.05) is 18.2 Å². The lowest BCUT2D eigenvalue weighted by Crippen LogP contribution is -2.30. The van der Waals surface area contributed by atoms with Gasteiger partial charge in [0.1, 0.15) is 13.4 Å². The Morgan fingerprint density at radius 1 is 1.00 bits per heavy atom. The molecule has 0 atom stereocenters. The number of pyridine rings is 1. The molecule has 1 aromatic carbocycles. The Morgan fingerprint density at radius 3 is 2.55 bits per heavy atom. The van der Waals surface area contributed by atoms with Gasteiger partial charge in [0.2, 0.25) is 5.69 Å². The van der Waals surface area contributed by atoms with Crippen molar-refractivity contribution in [1.29, 1.82) is 0 Å². The highest BCUT2D eigenvalue weighted by molar-refractivity contribution is 5.64. The molecule has 0 radical (unpaired) electrons. The SMILES string of the molecule is Cc1ccccc1-c1ccc(-c2ccncn2)c[n+]1C. The number of benzene rings is 1. The van der Waals surface area contributed by atoms with Gasteiger partial charge < -0.3 is 0 Å². The summed E-state index contributed by atoms with van der Waals surface area (Å²) in [4.78, 5) is 8.24. The lowest BCUT2D eigenvalue weighted by Gasteiger charge is -2.05. The van der Waals surface area contributed by atoms with Gasteiger partial charge in [0, 0.05) is 17.8 Å². The Kier molecular flexibility index (Phi) is 3.25. The molecule has 0 unspecified atom stereocenters. The minimum absolute atomic E-state index is 0.937. The predicted molar refractivity (Wildman–Crippen MR) is 78.8 cm³/mol. The van der Waals surface area contributed by atoms with E-state index in [2.05, 4.69) is 71.1 Å². The quantitative estimate of drug-likeness (QED) is 0.665. The first kappa shape index (κ1) is 12.5. The molecule has 0 bridgehead atoms. The monoisotopic (exact) mass is 262 g/mol. The Morgan fingerprint density at radius 2 is 1.85 bits per heavy atom. The van der Waals surface area contributed by atoms with Crippen LogP contribution in [-0.2, 0) is 7.05 Å². The molecule has 3 rings (SSSR count). The third kappa shape index (κ3) is 2.30. The molecule has 20 heavy (non-hydrogen) atoms. The molecule has 0 amide bonds. The number of hydrogen-bond donors (Lipinski definition) is 0. The van der Waals surface area contributed by atoms with E-state index < -0.39 is 0 Å². The zero-order valence-corrected chi connectivity index (χ0v) is 11.6. The zero-order chi connectivity index (χ0) is 13.9. The second-order valence-electron chi connectivity index (χ2n) is 4.82. The van der Waals surface area contributed by atoms with Crippen LogP contribution in [-0.4, -0.2) is 9.97 Å². The second-order valence-corrected chi connectivity index (χ2v) is 4.82. The summed E-state index contributed by atoms with van der Waals surface area (Å²) in [6.45, 7) is 2.13. The summed E-state index contributed by atoms with van der Waals surface area (Å²) in [5, 5.41) is 0. The van der Waals surface area contributed by atoms with Crippen molar-refractivity contribution in [1.82, 2.24) is 9.97 Å². The van der Waals surface area contributed by atoms with Gasteiger partial charge in [-0.2, -0.15) is 0 Å². The van der Waals surface area contributed by atoms with Crippen LogP contribution >= 0.6 is 0 Å². The van der Waals surface area contributed by atoms with Gasteiger partial charge in [0.05, 0.1) is 11.3 Å². The van der Waals surface area contributed by atoms with E-state index in [0.29, 0.717) is 0 Å². The Hall–Kier alpha value is -2.55. The van der Waals surface area contributed by atoms with E-state index in [4.69, 9.17) is 0 Å². The summed E-state index contributed by atoms with van der Waals surface area (Å²) in [5.74, 6) is 0. The molecule has 0 N–H and O–H groups in total. The van der Waals surface area contributed by atoms with Gasteiger partial charge in [-0.05, 0) is 30.7 Å². The van der Waals surface area contributed by atoms with E-state index in [1.54, 1.807) is 12.5 Å². The van der Waals surface area contributed by atoms with Crippen molar-refractivity contribution in [3.8, 4) is 22.5 Å². The average molecular weight is 262 g/mol. The molecular weight excluding hydrogens is 246 g/mol. The van der Waals surface area contributed by atoms with Gasteiger partial charge in [-0.3, -0.25) is 0 Å². The van der Waals surface area contributed by atoms with Gasteiger partial charge in [0.25, 0.3) is 0 Å². The highest BCUT2D eigenvalue weighted by atomic mass is 14.9. The van der Waals surface area contributed by atoms with E-state index in [9.17, 15) is 0 Å². The normalized spacial score (nSPS) is 10.5. The molecule has 2 aromatic heterocycles. The Bertz CT molecular complexity index is 736. The molecule has 0 spiro atoms. The fraction of sp³-hybridized carbons (Fsp3) is 0.118. The van der Waals surface area contributed by atoms with Crippen molar-refractivity contribution >= 4 is 0 Å². The van der Waals surface area contributed by atoms with Crippen molar-refractivity contribution < 1.29 is 4.57 Å². The summed E-state index contributed by atoms with van der Waals surface area (Å²) in [6, 6.07) is 14.6. The molecule has 3 aromatic rings. The molecule has 0 fully saturated rings. The zero-order valence-electron chi connectivity index (χ0n) is 11.6. The molecule has 0 aliphatic carbocycles. The van der Waals surface area contributed by atoms with Crippen molar-refractivity contribution in [3.05, 3.63) is 66.7 Å². The topological polar surface area (TPSA) is 29.7 Å². The fourth-order valence-corrected chi connectivity index (χ4v) is 2.36. The van der Waals surface area contributed by atoms with Crippen LogP contribution in [0.5, 0.6) is 0 Å². The van der Waals surface area contributed by atoms with E-state index >= 15 is 0 Å². The highest BCUT2D eigenvalue weighted by Crippen LogP contribution is 2.22. The van der Waals surface area contributed by atoms with Crippen LogP contribution < -0.4 is 4.57 Å². The predicted octanol–water partition coefficient (Wildman–Crippen LogP) is 2.94. The minimum Gasteiger partial charge on any atom is -0.245 e. The van der Waals surface area contributed by atoms with Crippen molar-refractivity contribution in [2.24, 2.45) is 7.05 Å². The van der Waals surface area contributed by atoms with E-state index in [-0.39, 0.29) is 0 Å². The van der Waals surface area contributed by atoms with Gasteiger partial charge in [0.15, 0.2) is 6.20 Å². The Balaban J connectivity index is 2.07. The van der Waals surface area contributed by atoms with Crippen molar-refractivity contribution in [2.45, 2.75) is 6.92 Å². The van der Waals surface area contributed by atoms with Crippen molar-refractivity contribution in [3.63, 3.8) is 0 Å². The van der Waals surface area contributed by atoms with Crippen LogP contribution in [0.2, 0.25) is 0 Å². The van der Waals surface area contributed by atoms with E-state index in [1.165, 1.54) is 16.8 Å². The number of hydrogen-bond acceptors (Lipinski definition) is 2. The van der Waals surface area contributed by atoms with E-state index in [0.717, 1.165) is 11.3 Å². The molecule has 0 saturated heterocycles. The Labute approximate surface area is 118 Å². The standard InChI is InChI=1S/C17H16N3/c1-13-5-3-4-6-15(13)17-8-7-14(11-20(17)2)16-9-10-18-12-19-16/h3-12H,1-2H3/q+1. The lowest BCUT2D eigenvalue weighted by molar-refractivity contribution is -0.659. The summed E-state index contributed by atoms with van der Waals surface area (Å²) in [6.07, 6.45) is 5.44. The molecule has 98 valence electrons. The maximum Gasteiger partial charge on any atom is 0.212 e. The summed E-state index contributed by atoms with van der Waals surface area (Å²) in [5.41, 5.74) is 5.75. The van der Waals surface area contributed by atoms with Crippen LogP contribution in [0.1, 0.15) is 5.56 Å². The largest absolute Gasteiger partial charge is 0.245 e. The number of nitrogens with zero attached hydrogens (tertiary/aromatic N) is 3. The van der Waals surface area contributed by atoms with E-state index in [1.807, 2.05) is 6.07 Å². The van der Waals surface area contributed by atoms with Crippen LogP contribution in [0.3, 0.4) is 0 Å². The number of aryl methyl sites for hydroxylation is 2. The molecule has 2 heterocycles. The van der Waals surface area contributed by atoms with Gasteiger partial charge in [-0.25, -0.2) is 14.5 Å². The fourth-order valence-electron chi connectivity index (χ4n) is 2.36. The molecule has 0 saturated carbocycles. The van der Waals surface area contributed by atoms with Gasteiger partial charge in [-0.15, -0.1) is 0 Å². The van der Waals surface area contributed by atoms with Crippen molar-refractivity contribution in [2.75, 3.05) is 0 Å². The van der Waals surface area contributed by atoms with Crippen LogP contribution in [0.25, 0.3) is 22.5 Å². The van der Waals surface area contributed by atoms with Crippen LogP contribution in [0, 0.1) is 6.92 Å². The molecule has 0 aliphatic rings. The molecule has 0 aliphatic heterocycles. The number of rotatable bonds is 2. The first-order valence-corrected chi connectivity index (χ1v) is 6.58. The van der Waals surface area contributed by atoms with Crippen LogP contribution in [0.4, 0.5) is 0 Å². The highest BCUT2D eigenvalue weighted by Gasteiger charge is 2.13. The summed E-state index contributed by atoms with van der Waals surface area (Å²) in [7, 11) is 2.06. The minimum atomic E-state index is 0.937. The first-order chi connectivity index (χ1) is 9.75. The number of aromatic nitrogens is 3. The van der Waals surface area contributed by atoms with Crippen LogP contribution in [0.15, 0.2) is 61.2 Å². The first-order valence-electron chi connectivity index (χ1n) is 6.58. The molecule has 3 heteroatoms. The maximum absolute atomic E-state index is 4.29. The average Bonchev–Trinajstić information content (AvgIpc) is 2.49. The third-order valence-corrected chi connectivity index (χ3v) is 3.43. The second kappa shape index (κ2) is 5.21. The third-order valence-electron chi connectivity index (χ3n) is 3.43. The maximum atomic E-state index is 4.29. The molecular formula is C17H16N3+. The van der Waals surface area contributed by atoms with Gasteiger partial charge >= 0.3 is 0 Å². The summed E-state index contributed by atoms with van der Waals surface area (Å²) >= 11 is 0.